The van der Waals surface area contributed by atoms with Gasteiger partial charge in [-0.05, 0) is 26.3 Å². The molecule has 1 heterocycles. The average molecular weight is 308 g/mol. The van der Waals surface area contributed by atoms with Gasteiger partial charge in [0.05, 0.1) is 0 Å². The van der Waals surface area contributed by atoms with Gasteiger partial charge in [0.25, 0.3) is 5.91 Å². The van der Waals surface area contributed by atoms with Gasteiger partial charge in [-0.25, -0.2) is 22.0 Å². The predicted molar refractivity (Wildman–Crippen MR) is 64.2 cm³/mol. The summed E-state index contributed by atoms with van der Waals surface area (Å²) in [5.74, 6) is -12.2. The van der Waals surface area contributed by atoms with E-state index in [4.69, 9.17) is 0 Å². The molecule has 0 saturated carbocycles. The van der Waals surface area contributed by atoms with Gasteiger partial charge in [-0.15, -0.1) is 0 Å². The first-order valence-corrected chi connectivity index (χ1v) is 6.31. The largest absolute Gasteiger partial charge is 0.350 e. The number of carbonyl (C=O) groups excluding carboxylic acids is 1. The minimum absolute atomic E-state index is 0.0192. The highest BCUT2D eigenvalue weighted by Gasteiger charge is 2.32. The topological polar surface area (TPSA) is 41.1 Å². The lowest BCUT2D eigenvalue weighted by Crippen LogP contribution is -2.47. The van der Waals surface area contributed by atoms with Crippen LogP contribution in [0.2, 0.25) is 0 Å². The standard InChI is InChI=1S/C13H13F5N2O/c1-13(3-2-4-20-13)5-19-12(21)6-7(14)9(16)11(18)10(17)8(6)15/h20H,2-5H2,1H3,(H,19,21). The van der Waals surface area contributed by atoms with E-state index in [1.54, 1.807) is 6.92 Å². The van der Waals surface area contributed by atoms with E-state index in [0.717, 1.165) is 19.4 Å². The fourth-order valence-electron chi connectivity index (χ4n) is 2.28. The van der Waals surface area contributed by atoms with Crippen LogP contribution in [0.3, 0.4) is 0 Å². The summed E-state index contributed by atoms with van der Waals surface area (Å²) in [6, 6.07) is 0. The number of rotatable bonds is 3. The minimum atomic E-state index is -2.29. The molecule has 1 saturated heterocycles. The van der Waals surface area contributed by atoms with Gasteiger partial charge in [0.15, 0.2) is 23.3 Å². The summed E-state index contributed by atoms with van der Waals surface area (Å²) in [7, 11) is 0. The Labute approximate surface area is 117 Å². The van der Waals surface area contributed by atoms with Crippen LogP contribution in [0.4, 0.5) is 22.0 Å². The zero-order valence-electron chi connectivity index (χ0n) is 11.1. The Kier molecular flexibility index (Phi) is 4.18. The summed E-state index contributed by atoms with van der Waals surface area (Å²) >= 11 is 0. The number of hydrogen-bond acceptors (Lipinski definition) is 2. The number of nitrogens with one attached hydrogen (secondary N) is 2. The molecule has 0 bridgehead atoms. The van der Waals surface area contributed by atoms with E-state index in [-0.39, 0.29) is 6.54 Å². The molecule has 0 spiro atoms. The van der Waals surface area contributed by atoms with Crippen LogP contribution in [0.25, 0.3) is 0 Å². The first-order valence-electron chi connectivity index (χ1n) is 6.31. The summed E-state index contributed by atoms with van der Waals surface area (Å²) in [5, 5.41) is 5.29. The fourth-order valence-corrected chi connectivity index (χ4v) is 2.28. The number of halogens is 5. The molecule has 3 nitrogen and oxygen atoms in total. The van der Waals surface area contributed by atoms with E-state index < -0.39 is 46.1 Å². The van der Waals surface area contributed by atoms with Crippen LogP contribution >= 0.6 is 0 Å². The quantitative estimate of drug-likeness (QED) is 0.511. The maximum absolute atomic E-state index is 13.5. The van der Waals surface area contributed by atoms with Crippen molar-refractivity contribution in [2.24, 2.45) is 0 Å². The summed E-state index contributed by atoms with van der Waals surface area (Å²) in [6.45, 7) is 2.54. The number of carbonyl (C=O) groups is 1. The van der Waals surface area contributed by atoms with Crippen molar-refractivity contribution in [1.82, 2.24) is 10.6 Å². The van der Waals surface area contributed by atoms with Crippen molar-refractivity contribution in [2.45, 2.75) is 25.3 Å². The molecular weight excluding hydrogens is 295 g/mol. The van der Waals surface area contributed by atoms with Gasteiger partial charge < -0.3 is 10.6 Å². The van der Waals surface area contributed by atoms with E-state index in [2.05, 4.69) is 10.6 Å². The molecule has 1 aromatic rings. The van der Waals surface area contributed by atoms with E-state index in [9.17, 15) is 26.7 Å². The molecule has 1 unspecified atom stereocenters. The second-order valence-corrected chi connectivity index (χ2v) is 5.22. The third-order valence-corrected chi connectivity index (χ3v) is 3.53. The van der Waals surface area contributed by atoms with Crippen LogP contribution in [-0.2, 0) is 0 Å². The van der Waals surface area contributed by atoms with Crippen molar-refractivity contribution in [1.29, 1.82) is 0 Å². The maximum Gasteiger partial charge on any atom is 0.257 e. The second kappa shape index (κ2) is 5.59. The molecule has 21 heavy (non-hydrogen) atoms. The summed E-state index contributed by atoms with van der Waals surface area (Å²) < 4.78 is 65.8. The van der Waals surface area contributed by atoms with E-state index in [1.807, 2.05) is 0 Å². The Morgan fingerprint density at radius 1 is 1.10 bits per heavy atom. The van der Waals surface area contributed by atoms with Crippen molar-refractivity contribution in [2.75, 3.05) is 13.1 Å². The Hall–Kier alpha value is -1.70. The fraction of sp³-hybridized carbons (Fsp3) is 0.462. The van der Waals surface area contributed by atoms with Crippen LogP contribution in [0.5, 0.6) is 0 Å². The Balaban J connectivity index is 2.23. The van der Waals surface area contributed by atoms with Gasteiger partial charge in [-0.2, -0.15) is 0 Å². The normalized spacial score (nSPS) is 21.6. The Morgan fingerprint density at radius 3 is 2.10 bits per heavy atom. The number of hydrogen-bond donors (Lipinski definition) is 2. The Bertz CT molecular complexity index is 555. The smallest absolute Gasteiger partial charge is 0.257 e. The van der Waals surface area contributed by atoms with Crippen LogP contribution in [-0.4, -0.2) is 24.5 Å². The van der Waals surface area contributed by atoms with Gasteiger partial charge >= 0.3 is 0 Å². The third kappa shape index (κ3) is 2.85. The molecule has 116 valence electrons. The summed E-state index contributed by atoms with van der Waals surface area (Å²) in [5.41, 5.74) is -1.92. The van der Waals surface area contributed by atoms with Crippen LogP contribution in [0, 0.1) is 29.1 Å². The molecule has 0 radical (unpaired) electrons. The molecule has 1 amide bonds. The third-order valence-electron chi connectivity index (χ3n) is 3.53. The number of amides is 1. The highest BCUT2D eigenvalue weighted by Crippen LogP contribution is 2.23. The molecule has 2 N–H and O–H groups in total. The molecule has 0 aliphatic carbocycles. The molecule has 1 aliphatic rings. The van der Waals surface area contributed by atoms with Gasteiger partial charge in [0.2, 0.25) is 5.82 Å². The van der Waals surface area contributed by atoms with Gasteiger partial charge in [0, 0.05) is 12.1 Å². The maximum atomic E-state index is 13.5. The van der Waals surface area contributed by atoms with Crippen molar-refractivity contribution in [3.63, 3.8) is 0 Å². The zero-order valence-corrected chi connectivity index (χ0v) is 11.1. The molecular formula is C13H13F5N2O. The zero-order chi connectivity index (χ0) is 15.8. The van der Waals surface area contributed by atoms with E-state index in [0.29, 0.717) is 0 Å². The molecule has 8 heteroatoms. The van der Waals surface area contributed by atoms with Crippen LogP contribution < -0.4 is 10.6 Å². The molecule has 1 fully saturated rings. The van der Waals surface area contributed by atoms with E-state index >= 15 is 0 Å². The lowest BCUT2D eigenvalue weighted by Gasteiger charge is -2.24. The SMILES string of the molecule is CC1(CNC(=O)c2c(F)c(F)c(F)c(F)c2F)CCCN1. The van der Waals surface area contributed by atoms with Crippen LogP contribution in [0.1, 0.15) is 30.1 Å². The highest BCUT2D eigenvalue weighted by atomic mass is 19.2. The lowest BCUT2D eigenvalue weighted by molar-refractivity contribution is 0.0931. The molecule has 1 aromatic carbocycles. The average Bonchev–Trinajstić information content (AvgIpc) is 2.88. The van der Waals surface area contributed by atoms with Crippen molar-refractivity contribution in [3.8, 4) is 0 Å². The number of benzene rings is 1. The molecule has 2 rings (SSSR count). The summed E-state index contributed by atoms with van der Waals surface area (Å²) in [4.78, 5) is 11.7. The first kappa shape index (κ1) is 15.7. The molecule has 1 atom stereocenters. The van der Waals surface area contributed by atoms with Crippen LogP contribution in [0.15, 0.2) is 0 Å². The second-order valence-electron chi connectivity index (χ2n) is 5.22. The minimum Gasteiger partial charge on any atom is -0.350 e. The Morgan fingerprint density at radius 2 is 1.62 bits per heavy atom. The van der Waals surface area contributed by atoms with Gasteiger partial charge in [-0.1, -0.05) is 0 Å². The van der Waals surface area contributed by atoms with Gasteiger partial charge in [0.1, 0.15) is 5.56 Å². The molecule has 1 aliphatic heterocycles. The van der Waals surface area contributed by atoms with Crippen molar-refractivity contribution >= 4 is 5.91 Å². The highest BCUT2D eigenvalue weighted by molar-refractivity contribution is 5.94. The predicted octanol–water partition coefficient (Wildman–Crippen LogP) is 2.25. The lowest BCUT2D eigenvalue weighted by atomic mass is 10.0. The molecule has 0 aromatic heterocycles. The monoisotopic (exact) mass is 308 g/mol. The summed E-state index contributed by atoms with van der Waals surface area (Å²) in [6.07, 6.45) is 1.60. The van der Waals surface area contributed by atoms with Gasteiger partial charge in [-0.3, -0.25) is 4.79 Å². The van der Waals surface area contributed by atoms with Crippen molar-refractivity contribution < 1.29 is 26.7 Å². The first-order chi connectivity index (χ1) is 9.77. The van der Waals surface area contributed by atoms with E-state index in [1.165, 1.54) is 0 Å². The van der Waals surface area contributed by atoms with Crippen molar-refractivity contribution in [3.05, 3.63) is 34.6 Å².